The summed E-state index contributed by atoms with van der Waals surface area (Å²) in [5.74, 6) is 0. The minimum absolute atomic E-state index is 0.882. The topological polar surface area (TPSA) is 57.4 Å². The first kappa shape index (κ1) is 62.1. The Bertz CT molecular complexity index is 6960. The zero-order valence-electron chi connectivity index (χ0n) is 59.4. The fourth-order valence-electron chi connectivity index (χ4n) is 18.6. The molecule has 2 N–H and O–H groups in total. The summed E-state index contributed by atoms with van der Waals surface area (Å²) in [6.45, 7) is 0. The van der Waals surface area contributed by atoms with Crippen molar-refractivity contribution < 1.29 is 0 Å². The van der Waals surface area contributed by atoms with Gasteiger partial charge in [-0.05, 0) is 283 Å². The molecule has 6 aromatic heterocycles. The van der Waals surface area contributed by atoms with Gasteiger partial charge >= 0.3 is 0 Å². The molecule has 4 nitrogen and oxygen atoms in total. The molecule has 0 fully saturated rings. The second kappa shape index (κ2) is 24.7. The van der Waals surface area contributed by atoms with Crippen molar-refractivity contribution in [3.63, 3.8) is 0 Å². The lowest BCUT2D eigenvalue weighted by Crippen LogP contribution is -1.91. The standard InChI is InChI=1S/C27H16N2.2C19H13N.2C19H12S/c1-2-5-18-13-22-19(12-17(18)4-1)8-9-20-15-24-23(25(20)22)14-21-10-7-16-6-3-11-28-26(16)27(21)29-24;1-2-4-13-11-17-14(9-12(13)3-1)5-6-15-10-16-7-8-20-19(16)18(15)17;1-2-4-13-10-17-14(9-12(13)3-1)5-6-15-11-18-16(19(15)17)7-8-20-18;1-2-4-13-11-17-14(9-12(13)3-1)5-6-15-10-16-7-8-20-19(16)18(15)17;1-2-4-13-10-17-14(9-12(13)3-1)5-6-15-11-18-16(19(15)17)7-8-20-18/h1-14H,15H2;1-9,11,20H,10H2;1-10,20H,11H2;1-9,11H,10H2;1-10H,11H2. The fourth-order valence-corrected chi connectivity index (χ4v) is 20.6. The predicted octanol–water partition coefficient (Wildman–Crippen LogP) is 27.7. The maximum absolute atomic E-state index is 5.11. The van der Waals surface area contributed by atoms with Crippen LogP contribution in [0.5, 0.6) is 0 Å². The SMILES string of the molecule is c1ccc2cc3c4c(ccc3cc2c1)Cc1[nH]ccc1-4.c1ccc2cc3c4c(ccc3cc2c1)Cc1cc[nH]c1-4.c1ccc2cc3c4c(ccc3cc2c1)Cc1ccsc1-4.c1ccc2cc3c4c(ccc3cc2c1)Cc1nc2c(ccc3cccnc32)cc1-4.c1ccc2cc3c4c(ccc3cc2c1)Cc1sccc1-4. The average Bonchev–Trinajstić information content (AvgIpc) is 1.64. The van der Waals surface area contributed by atoms with Crippen LogP contribution in [0.15, 0.2) is 327 Å². The molecule has 0 radical (unpaired) electrons. The minimum atomic E-state index is 0.882. The second-order valence-electron chi connectivity index (χ2n) is 30.0. The molecule has 16 aromatic carbocycles. The van der Waals surface area contributed by atoms with Crippen LogP contribution in [0.3, 0.4) is 0 Å². The first-order valence-corrected chi connectivity index (χ1v) is 39.6. The minimum Gasteiger partial charge on any atom is -0.364 e. The van der Waals surface area contributed by atoms with Crippen molar-refractivity contribution in [2.75, 3.05) is 0 Å². The highest BCUT2D eigenvalue weighted by Crippen LogP contribution is 2.49. The number of H-pyrrole nitrogens is 2. The largest absolute Gasteiger partial charge is 0.364 e. The molecular weight excluding hydrogens is 1360 g/mol. The van der Waals surface area contributed by atoms with Gasteiger partial charge in [-0.3, -0.25) is 4.98 Å². The summed E-state index contributed by atoms with van der Waals surface area (Å²) in [6, 6.07) is 109. The normalized spacial score (nSPS) is 12.8. The van der Waals surface area contributed by atoms with E-state index in [1.165, 1.54) is 212 Å². The third-order valence-electron chi connectivity index (χ3n) is 23.8. The third-order valence-corrected chi connectivity index (χ3v) is 25.7. The number of fused-ring (bicyclic) bond motifs is 33. The summed E-state index contributed by atoms with van der Waals surface area (Å²) in [6.07, 6.45) is 11.1. The van der Waals surface area contributed by atoms with E-state index in [0.29, 0.717) is 0 Å². The summed E-state index contributed by atoms with van der Waals surface area (Å²) in [7, 11) is 0. The van der Waals surface area contributed by atoms with Crippen LogP contribution < -0.4 is 0 Å². The lowest BCUT2D eigenvalue weighted by molar-refractivity contribution is 1.15. The van der Waals surface area contributed by atoms with E-state index in [1.807, 2.05) is 47.3 Å². The van der Waals surface area contributed by atoms with Gasteiger partial charge in [-0.2, -0.15) is 0 Å². The number of pyridine rings is 2. The lowest BCUT2D eigenvalue weighted by atomic mass is 9.95. The molecule has 0 bridgehead atoms. The van der Waals surface area contributed by atoms with Crippen molar-refractivity contribution in [3.05, 3.63) is 382 Å². The van der Waals surface area contributed by atoms with E-state index in [4.69, 9.17) is 4.98 Å². The molecule has 109 heavy (non-hydrogen) atoms. The van der Waals surface area contributed by atoms with Crippen LogP contribution in [-0.4, -0.2) is 19.9 Å². The summed E-state index contributed by atoms with van der Waals surface area (Å²) in [4.78, 5) is 19.5. The van der Waals surface area contributed by atoms with Crippen LogP contribution in [0.2, 0.25) is 0 Å². The van der Waals surface area contributed by atoms with E-state index < -0.39 is 0 Å². The Kier molecular flexibility index (Phi) is 14.1. The van der Waals surface area contributed by atoms with E-state index in [0.717, 1.165) is 59.6 Å². The van der Waals surface area contributed by atoms with Crippen molar-refractivity contribution in [1.29, 1.82) is 0 Å². The van der Waals surface area contributed by atoms with Crippen LogP contribution in [0.1, 0.15) is 55.2 Å². The van der Waals surface area contributed by atoms with E-state index in [-0.39, 0.29) is 0 Å². The molecule has 27 rings (SSSR count). The second-order valence-corrected chi connectivity index (χ2v) is 31.9. The van der Waals surface area contributed by atoms with Gasteiger partial charge in [0.05, 0.1) is 16.7 Å². The number of thiophene rings is 2. The van der Waals surface area contributed by atoms with Gasteiger partial charge in [0.2, 0.25) is 0 Å². The highest BCUT2D eigenvalue weighted by atomic mass is 32.1. The first-order chi connectivity index (χ1) is 53.9. The van der Waals surface area contributed by atoms with Crippen molar-refractivity contribution in [1.82, 2.24) is 19.9 Å². The van der Waals surface area contributed by atoms with Crippen LogP contribution in [0.4, 0.5) is 0 Å². The Morgan fingerprint density at radius 3 is 1.24 bits per heavy atom. The number of rotatable bonds is 0. The summed E-state index contributed by atoms with van der Waals surface area (Å²) >= 11 is 3.76. The van der Waals surface area contributed by atoms with Gasteiger partial charge in [0, 0.05) is 98.4 Å². The molecule has 0 spiro atoms. The Balaban J connectivity index is 0.0000000828. The molecule has 6 heterocycles. The van der Waals surface area contributed by atoms with Crippen LogP contribution in [0, 0.1) is 0 Å². The summed E-state index contributed by atoms with van der Waals surface area (Å²) < 4.78 is 0. The molecule has 0 unspecified atom stereocenters. The van der Waals surface area contributed by atoms with Crippen molar-refractivity contribution >= 4 is 152 Å². The predicted molar refractivity (Wildman–Crippen MR) is 464 cm³/mol. The molecule has 0 amide bonds. The zero-order valence-corrected chi connectivity index (χ0v) is 61.1. The van der Waals surface area contributed by atoms with Gasteiger partial charge in [0.25, 0.3) is 0 Å². The van der Waals surface area contributed by atoms with E-state index in [9.17, 15) is 0 Å². The van der Waals surface area contributed by atoms with Gasteiger partial charge < -0.3 is 9.97 Å². The Morgan fingerprint density at radius 2 is 0.679 bits per heavy atom. The maximum atomic E-state index is 5.11. The van der Waals surface area contributed by atoms with Crippen molar-refractivity contribution in [2.45, 2.75) is 32.1 Å². The van der Waals surface area contributed by atoms with Crippen LogP contribution in [0.25, 0.3) is 185 Å². The number of benzene rings is 16. The summed E-state index contributed by atoms with van der Waals surface area (Å²) in [5.41, 5.74) is 27.1. The fraction of sp³-hybridized carbons (Fsp3) is 0.0485. The molecule has 0 saturated carbocycles. The van der Waals surface area contributed by atoms with Gasteiger partial charge in [0.1, 0.15) is 0 Å². The third kappa shape index (κ3) is 10.2. The van der Waals surface area contributed by atoms with Crippen LogP contribution in [-0.2, 0) is 32.1 Å². The number of aromatic amines is 2. The Hall–Kier alpha value is -13.1. The van der Waals surface area contributed by atoms with Gasteiger partial charge in [-0.15, -0.1) is 22.7 Å². The Morgan fingerprint density at radius 1 is 0.257 bits per heavy atom. The molecule has 5 aliphatic carbocycles. The summed E-state index contributed by atoms with van der Waals surface area (Å²) in [5, 5.41) is 33.4. The first-order valence-electron chi connectivity index (χ1n) is 37.8. The van der Waals surface area contributed by atoms with Gasteiger partial charge in [0.15, 0.2) is 0 Å². The molecule has 0 aliphatic heterocycles. The van der Waals surface area contributed by atoms with Gasteiger partial charge in [-0.1, -0.05) is 200 Å². The average molecular weight is 1420 g/mol. The van der Waals surface area contributed by atoms with Gasteiger partial charge in [-0.25, -0.2) is 4.98 Å². The van der Waals surface area contributed by atoms with Crippen molar-refractivity contribution in [2.24, 2.45) is 0 Å². The molecule has 510 valence electrons. The lowest BCUT2D eigenvalue weighted by Gasteiger charge is -2.10. The molecule has 5 aliphatic rings. The number of hydrogen-bond donors (Lipinski definition) is 2. The highest BCUT2D eigenvalue weighted by Gasteiger charge is 2.28. The number of nitrogens with one attached hydrogen (secondary N) is 2. The highest BCUT2D eigenvalue weighted by molar-refractivity contribution is 7.14. The van der Waals surface area contributed by atoms with E-state index >= 15 is 0 Å². The maximum Gasteiger partial charge on any atom is 0.0968 e. The number of nitrogens with zero attached hydrogens (tertiary/aromatic N) is 2. The molecular formula is C103H66N4S2. The Labute approximate surface area is 636 Å². The number of hydrogen-bond acceptors (Lipinski definition) is 4. The zero-order chi connectivity index (χ0) is 71.4. The molecule has 22 aromatic rings. The molecule has 0 atom stereocenters. The quantitative estimate of drug-likeness (QED) is 0.117. The monoisotopic (exact) mass is 1420 g/mol. The number of aromatic nitrogens is 4. The molecule has 6 heteroatoms. The smallest absolute Gasteiger partial charge is 0.0968 e. The van der Waals surface area contributed by atoms with E-state index in [2.05, 4.69) is 317 Å². The van der Waals surface area contributed by atoms with Crippen molar-refractivity contribution in [3.8, 4) is 55.1 Å². The van der Waals surface area contributed by atoms with Crippen LogP contribution >= 0.6 is 22.7 Å². The molecule has 0 saturated heterocycles. The van der Waals surface area contributed by atoms with E-state index in [1.54, 1.807) is 0 Å².